The van der Waals surface area contributed by atoms with Gasteiger partial charge in [0.05, 0.1) is 6.61 Å². The van der Waals surface area contributed by atoms with Crippen molar-refractivity contribution in [1.29, 1.82) is 0 Å². The van der Waals surface area contributed by atoms with Crippen molar-refractivity contribution in [2.24, 2.45) is 5.92 Å². The summed E-state index contributed by atoms with van der Waals surface area (Å²) >= 11 is 0. The molecule has 3 atom stereocenters. The van der Waals surface area contributed by atoms with Gasteiger partial charge in [-0.2, -0.15) is 0 Å². The Bertz CT molecular complexity index is 825. The van der Waals surface area contributed by atoms with E-state index >= 15 is 0 Å². The van der Waals surface area contributed by atoms with Gasteiger partial charge in [0.1, 0.15) is 0 Å². The van der Waals surface area contributed by atoms with Gasteiger partial charge in [0.25, 0.3) is 0 Å². The molecule has 0 radical (unpaired) electrons. The van der Waals surface area contributed by atoms with E-state index < -0.39 is 0 Å². The Hall–Kier alpha value is -2.38. The number of benzene rings is 3. The summed E-state index contributed by atoms with van der Waals surface area (Å²) in [6.07, 6.45) is 3.48. The Balaban J connectivity index is 1.98. The van der Waals surface area contributed by atoms with Gasteiger partial charge in [0, 0.05) is 5.92 Å². The molecule has 0 saturated heterocycles. The van der Waals surface area contributed by atoms with E-state index in [2.05, 4.69) is 92.7 Å². The standard InChI is InChI=1S/C27H32O/c1-3-21(2)17-26(23-12-6-4-7-13-23)19-27(24-14-8-5-9-15-24)25-16-10-11-22(18-25)20-28/h4-16,18,21,26-28H,3,17,19-20H2,1-2H3. The van der Waals surface area contributed by atoms with Crippen molar-refractivity contribution in [2.75, 3.05) is 0 Å². The number of hydrogen-bond acceptors (Lipinski definition) is 1. The van der Waals surface area contributed by atoms with Crippen LogP contribution < -0.4 is 0 Å². The van der Waals surface area contributed by atoms with Crippen LogP contribution in [0.2, 0.25) is 0 Å². The van der Waals surface area contributed by atoms with Crippen LogP contribution in [0.1, 0.15) is 67.2 Å². The highest BCUT2D eigenvalue weighted by molar-refractivity contribution is 5.36. The van der Waals surface area contributed by atoms with Gasteiger partial charge in [0.15, 0.2) is 0 Å². The lowest BCUT2D eigenvalue weighted by atomic mass is 9.77. The molecule has 1 heteroatoms. The molecule has 3 aromatic carbocycles. The highest BCUT2D eigenvalue weighted by atomic mass is 16.3. The van der Waals surface area contributed by atoms with Crippen molar-refractivity contribution in [1.82, 2.24) is 0 Å². The second-order valence-corrected chi connectivity index (χ2v) is 7.96. The fourth-order valence-electron chi connectivity index (χ4n) is 4.09. The van der Waals surface area contributed by atoms with Gasteiger partial charge >= 0.3 is 0 Å². The molecule has 0 aliphatic rings. The molecule has 0 fully saturated rings. The third-order valence-corrected chi connectivity index (χ3v) is 5.91. The van der Waals surface area contributed by atoms with Gasteiger partial charge in [-0.1, -0.05) is 105 Å². The molecule has 0 aromatic heterocycles. The molecule has 0 aliphatic heterocycles. The predicted octanol–water partition coefficient (Wildman–Crippen LogP) is 6.92. The lowest BCUT2D eigenvalue weighted by Crippen LogP contribution is -2.11. The molecule has 0 saturated carbocycles. The number of aliphatic hydroxyl groups is 1. The summed E-state index contributed by atoms with van der Waals surface area (Å²) in [6, 6.07) is 30.2. The van der Waals surface area contributed by atoms with Crippen molar-refractivity contribution in [3.8, 4) is 0 Å². The smallest absolute Gasteiger partial charge is 0.0681 e. The van der Waals surface area contributed by atoms with Crippen LogP contribution in [0.3, 0.4) is 0 Å². The Morgan fingerprint density at radius 3 is 1.93 bits per heavy atom. The zero-order valence-electron chi connectivity index (χ0n) is 17.1. The molecule has 3 unspecified atom stereocenters. The molecular formula is C27H32O. The molecule has 0 aliphatic carbocycles. The second-order valence-electron chi connectivity index (χ2n) is 7.96. The summed E-state index contributed by atoms with van der Waals surface area (Å²) < 4.78 is 0. The predicted molar refractivity (Wildman–Crippen MR) is 119 cm³/mol. The van der Waals surface area contributed by atoms with Crippen molar-refractivity contribution in [3.63, 3.8) is 0 Å². The van der Waals surface area contributed by atoms with Gasteiger partial charge in [-0.15, -0.1) is 0 Å². The Morgan fingerprint density at radius 1 is 0.714 bits per heavy atom. The molecular weight excluding hydrogens is 340 g/mol. The lowest BCUT2D eigenvalue weighted by molar-refractivity contribution is 0.281. The van der Waals surface area contributed by atoms with E-state index in [1.165, 1.54) is 29.5 Å². The van der Waals surface area contributed by atoms with E-state index in [0.29, 0.717) is 17.8 Å². The third kappa shape index (κ3) is 5.33. The summed E-state index contributed by atoms with van der Waals surface area (Å²) in [5.74, 6) is 1.53. The Labute approximate surface area is 170 Å². The van der Waals surface area contributed by atoms with Crippen LogP contribution >= 0.6 is 0 Å². The van der Waals surface area contributed by atoms with Gasteiger partial charge in [0.2, 0.25) is 0 Å². The molecule has 1 nitrogen and oxygen atoms in total. The average Bonchev–Trinajstić information content (AvgIpc) is 2.77. The normalized spacial score (nSPS) is 14.4. The first-order valence-electron chi connectivity index (χ1n) is 10.5. The number of rotatable bonds is 9. The molecule has 0 amide bonds. The maximum Gasteiger partial charge on any atom is 0.0681 e. The molecule has 1 N–H and O–H groups in total. The lowest BCUT2D eigenvalue weighted by Gasteiger charge is -2.27. The Morgan fingerprint density at radius 2 is 1.32 bits per heavy atom. The van der Waals surface area contributed by atoms with E-state index in [4.69, 9.17) is 0 Å². The molecule has 0 bridgehead atoms. The van der Waals surface area contributed by atoms with Crippen LogP contribution in [0.5, 0.6) is 0 Å². The first kappa shape index (κ1) is 20.4. The highest BCUT2D eigenvalue weighted by Crippen LogP contribution is 2.38. The van der Waals surface area contributed by atoms with Gasteiger partial charge in [-0.3, -0.25) is 0 Å². The van der Waals surface area contributed by atoms with Crippen LogP contribution in [-0.2, 0) is 6.61 Å². The Kier molecular flexibility index (Phi) is 7.45. The summed E-state index contributed by atoms with van der Waals surface area (Å²) in [7, 11) is 0. The first-order chi connectivity index (χ1) is 13.7. The highest BCUT2D eigenvalue weighted by Gasteiger charge is 2.23. The minimum atomic E-state index is 0.0876. The topological polar surface area (TPSA) is 20.2 Å². The second kappa shape index (κ2) is 10.2. The molecule has 28 heavy (non-hydrogen) atoms. The minimum Gasteiger partial charge on any atom is -0.392 e. The van der Waals surface area contributed by atoms with Crippen molar-refractivity contribution < 1.29 is 5.11 Å². The maximum atomic E-state index is 9.63. The number of hydrogen-bond donors (Lipinski definition) is 1. The van der Waals surface area contributed by atoms with Crippen LogP contribution in [0, 0.1) is 5.92 Å². The zero-order chi connectivity index (χ0) is 19.8. The molecule has 0 spiro atoms. The monoisotopic (exact) mass is 372 g/mol. The van der Waals surface area contributed by atoms with Gasteiger partial charge < -0.3 is 5.11 Å². The van der Waals surface area contributed by atoms with Gasteiger partial charge in [-0.25, -0.2) is 0 Å². The van der Waals surface area contributed by atoms with E-state index in [9.17, 15) is 5.11 Å². The molecule has 0 heterocycles. The largest absolute Gasteiger partial charge is 0.392 e. The van der Waals surface area contributed by atoms with E-state index in [-0.39, 0.29) is 6.61 Å². The fourth-order valence-corrected chi connectivity index (χ4v) is 4.09. The quantitative estimate of drug-likeness (QED) is 0.432. The van der Waals surface area contributed by atoms with Gasteiger partial charge in [-0.05, 0) is 46.9 Å². The summed E-state index contributed by atoms with van der Waals surface area (Å²) in [5.41, 5.74) is 5.06. The maximum absolute atomic E-state index is 9.63. The van der Waals surface area contributed by atoms with E-state index in [0.717, 1.165) is 12.0 Å². The van der Waals surface area contributed by atoms with E-state index in [1.807, 2.05) is 6.07 Å². The first-order valence-corrected chi connectivity index (χ1v) is 10.5. The fraction of sp³-hybridized carbons (Fsp3) is 0.333. The van der Waals surface area contributed by atoms with Crippen molar-refractivity contribution in [2.45, 2.75) is 51.6 Å². The summed E-state index contributed by atoms with van der Waals surface area (Å²) in [6.45, 7) is 4.73. The summed E-state index contributed by atoms with van der Waals surface area (Å²) in [5, 5.41) is 9.63. The van der Waals surface area contributed by atoms with Crippen LogP contribution in [0.25, 0.3) is 0 Å². The summed E-state index contributed by atoms with van der Waals surface area (Å²) in [4.78, 5) is 0. The average molecular weight is 373 g/mol. The van der Waals surface area contributed by atoms with Crippen molar-refractivity contribution >= 4 is 0 Å². The third-order valence-electron chi connectivity index (χ3n) is 5.91. The minimum absolute atomic E-state index is 0.0876. The number of aliphatic hydroxyl groups excluding tert-OH is 1. The molecule has 3 rings (SSSR count). The van der Waals surface area contributed by atoms with Crippen molar-refractivity contribution in [3.05, 3.63) is 107 Å². The zero-order valence-corrected chi connectivity index (χ0v) is 17.1. The SMILES string of the molecule is CCC(C)CC(CC(c1ccccc1)c1cccc(CO)c1)c1ccccc1. The van der Waals surface area contributed by atoms with Crippen LogP contribution in [0.15, 0.2) is 84.9 Å². The van der Waals surface area contributed by atoms with E-state index in [1.54, 1.807) is 0 Å². The van der Waals surface area contributed by atoms with Crippen LogP contribution in [0.4, 0.5) is 0 Å². The molecule has 3 aromatic rings. The van der Waals surface area contributed by atoms with Crippen LogP contribution in [-0.4, -0.2) is 5.11 Å². The molecule has 146 valence electrons.